The van der Waals surface area contributed by atoms with Crippen molar-refractivity contribution >= 4 is 5.97 Å². The molecule has 18 heavy (non-hydrogen) atoms. The van der Waals surface area contributed by atoms with Crippen LogP contribution in [0.3, 0.4) is 0 Å². The molecule has 5 heteroatoms. The van der Waals surface area contributed by atoms with Gasteiger partial charge in [0.25, 0.3) is 0 Å². The molecule has 1 aliphatic rings. The van der Waals surface area contributed by atoms with Gasteiger partial charge in [-0.05, 0) is 37.5 Å². The summed E-state index contributed by atoms with van der Waals surface area (Å²) in [4.78, 5) is 11.1. The Balaban J connectivity index is 2.23. The molecule has 0 bridgehead atoms. The zero-order valence-corrected chi connectivity index (χ0v) is 10.1. The van der Waals surface area contributed by atoms with E-state index >= 15 is 0 Å². The van der Waals surface area contributed by atoms with E-state index in [0.717, 1.165) is 12.8 Å². The number of carboxylic acids is 1. The van der Waals surface area contributed by atoms with Crippen LogP contribution in [0.1, 0.15) is 29.6 Å². The number of ether oxygens (including phenoxy) is 2. The van der Waals surface area contributed by atoms with Crippen molar-refractivity contribution in [1.29, 1.82) is 0 Å². The van der Waals surface area contributed by atoms with Crippen LogP contribution >= 0.6 is 0 Å². The number of carboxylic acid groups (broad SMARTS) is 1. The van der Waals surface area contributed by atoms with Gasteiger partial charge in [-0.25, -0.2) is 4.79 Å². The summed E-state index contributed by atoms with van der Waals surface area (Å²) in [6, 6.07) is 4.62. The second-order valence-electron chi connectivity index (χ2n) is 4.32. The highest BCUT2D eigenvalue weighted by molar-refractivity contribution is 5.91. The Hall–Kier alpha value is -1.75. The molecule has 1 fully saturated rings. The Morgan fingerprint density at radius 1 is 1.39 bits per heavy atom. The Morgan fingerprint density at radius 2 is 2.17 bits per heavy atom. The molecule has 0 heterocycles. The van der Waals surface area contributed by atoms with Crippen LogP contribution in [0.4, 0.5) is 0 Å². The topological polar surface area (TPSA) is 76.0 Å². The number of aromatic carboxylic acids is 1. The van der Waals surface area contributed by atoms with E-state index < -0.39 is 12.1 Å². The van der Waals surface area contributed by atoms with Crippen molar-refractivity contribution in [1.82, 2.24) is 0 Å². The largest absolute Gasteiger partial charge is 0.497 e. The van der Waals surface area contributed by atoms with Gasteiger partial charge in [-0.2, -0.15) is 0 Å². The summed E-state index contributed by atoms with van der Waals surface area (Å²) in [5.41, 5.74) is 0.0495. The lowest BCUT2D eigenvalue weighted by Gasteiger charge is -2.18. The maximum absolute atomic E-state index is 11.1. The second kappa shape index (κ2) is 5.27. The van der Waals surface area contributed by atoms with Crippen molar-refractivity contribution in [2.75, 3.05) is 7.11 Å². The number of methoxy groups -OCH3 is 1. The first-order valence-corrected chi connectivity index (χ1v) is 5.88. The molecule has 2 atom stereocenters. The summed E-state index contributed by atoms with van der Waals surface area (Å²) < 4.78 is 10.6. The zero-order chi connectivity index (χ0) is 13.1. The van der Waals surface area contributed by atoms with Crippen LogP contribution in [0.25, 0.3) is 0 Å². The van der Waals surface area contributed by atoms with Crippen molar-refractivity contribution in [3.05, 3.63) is 23.8 Å². The molecule has 2 unspecified atom stereocenters. The number of aliphatic hydroxyl groups excluding tert-OH is 1. The molecule has 0 radical (unpaired) electrons. The Labute approximate surface area is 105 Å². The summed E-state index contributed by atoms with van der Waals surface area (Å²) in [7, 11) is 1.47. The molecule has 5 nitrogen and oxygen atoms in total. The van der Waals surface area contributed by atoms with Gasteiger partial charge in [0, 0.05) is 0 Å². The average Bonchev–Trinajstić information content (AvgIpc) is 2.75. The molecule has 2 rings (SSSR count). The van der Waals surface area contributed by atoms with Crippen molar-refractivity contribution in [2.45, 2.75) is 31.5 Å². The van der Waals surface area contributed by atoms with E-state index in [9.17, 15) is 9.90 Å². The van der Waals surface area contributed by atoms with Crippen molar-refractivity contribution in [2.24, 2.45) is 0 Å². The number of rotatable bonds is 4. The van der Waals surface area contributed by atoms with Crippen LogP contribution in [0.5, 0.6) is 11.5 Å². The van der Waals surface area contributed by atoms with Gasteiger partial charge in [-0.15, -0.1) is 0 Å². The number of hydrogen-bond acceptors (Lipinski definition) is 4. The van der Waals surface area contributed by atoms with Gasteiger partial charge in [-0.1, -0.05) is 0 Å². The third-order valence-corrected chi connectivity index (χ3v) is 3.11. The number of benzene rings is 1. The molecular formula is C13H16O5. The minimum absolute atomic E-state index is 0.0495. The van der Waals surface area contributed by atoms with Gasteiger partial charge in [0.2, 0.25) is 0 Å². The Bertz CT molecular complexity index is 443. The van der Waals surface area contributed by atoms with Gasteiger partial charge < -0.3 is 19.7 Å². The third-order valence-electron chi connectivity index (χ3n) is 3.11. The summed E-state index contributed by atoms with van der Waals surface area (Å²) >= 11 is 0. The van der Waals surface area contributed by atoms with Crippen LogP contribution in [0.2, 0.25) is 0 Å². The highest BCUT2D eigenvalue weighted by Crippen LogP contribution is 2.29. The van der Waals surface area contributed by atoms with E-state index in [2.05, 4.69) is 0 Å². The molecule has 2 N–H and O–H groups in total. The average molecular weight is 252 g/mol. The predicted molar refractivity (Wildman–Crippen MR) is 64.2 cm³/mol. The van der Waals surface area contributed by atoms with Gasteiger partial charge in [0.1, 0.15) is 23.2 Å². The molecule has 1 aromatic rings. The Kier molecular flexibility index (Phi) is 3.72. The van der Waals surface area contributed by atoms with Gasteiger partial charge in [-0.3, -0.25) is 0 Å². The first kappa shape index (κ1) is 12.7. The van der Waals surface area contributed by atoms with E-state index in [4.69, 9.17) is 14.6 Å². The fraction of sp³-hybridized carbons (Fsp3) is 0.462. The number of carbonyl (C=O) groups is 1. The summed E-state index contributed by atoms with van der Waals surface area (Å²) in [5.74, 6) is -0.336. The van der Waals surface area contributed by atoms with Gasteiger partial charge >= 0.3 is 5.97 Å². The minimum Gasteiger partial charge on any atom is -0.497 e. The summed E-state index contributed by atoms with van der Waals surface area (Å²) in [5, 5.41) is 18.8. The molecule has 0 amide bonds. The van der Waals surface area contributed by atoms with E-state index in [-0.39, 0.29) is 17.4 Å². The molecular weight excluding hydrogens is 236 g/mol. The molecule has 1 aliphatic carbocycles. The van der Waals surface area contributed by atoms with E-state index in [1.807, 2.05) is 0 Å². The number of hydrogen-bond donors (Lipinski definition) is 2. The first-order valence-electron chi connectivity index (χ1n) is 5.88. The maximum Gasteiger partial charge on any atom is 0.339 e. The molecule has 1 saturated carbocycles. The highest BCUT2D eigenvalue weighted by atomic mass is 16.5. The molecule has 0 aliphatic heterocycles. The normalized spacial score (nSPS) is 22.8. The lowest BCUT2D eigenvalue weighted by molar-refractivity contribution is 0.0559. The third kappa shape index (κ3) is 2.56. The maximum atomic E-state index is 11.1. The molecule has 1 aromatic carbocycles. The van der Waals surface area contributed by atoms with Crippen molar-refractivity contribution in [3.8, 4) is 11.5 Å². The van der Waals surface area contributed by atoms with Gasteiger partial charge in [0.05, 0.1) is 13.2 Å². The standard InChI is InChI=1S/C13H16O5/c1-17-8-5-6-11(9(7-8)13(15)16)18-12-4-2-3-10(12)14/h5-7,10,12,14H,2-4H2,1H3,(H,15,16). The van der Waals surface area contributed by atoms with Crippen LogP contribution in [-0.4, -0.2) is 35.5 Å². The monoisotopic (exact) mass is 252 g/mol. The second-order valence-corrected chi connectivity index (χ2v) is 4.32. The van der Waals surface area contributed by atoms with Crippen LogP contribution < -0.4 is 9.47 Å². The first-order chi connectivity index (χ1) is 8.61. The Morgan fingerprint density at radius 3 is 2.72 bits per heavy atom. The molecule has 0 spiro atoms. The van der Waals surface area contributed by atoms with Crippen LogP contribution in [0.15, 0.2) is 18.2 Å². The number of aliphatic hydroxyl groups is 1. The lowest BCUT2D eigenvalue weighted by Crippen LogP contribution is -2.26. The fourth-order valence-corrected chi connectivity index (χ4v) is 2.11. The zero-order valence-electron chi connectivity index (χ0n) is 10.1. The van der Waals surface area contributed by atoms with E-state index in [1.54, 1.807) is 12.1 Å². The lowest BCUT2D eigenvalue weighted by atomic mass is 10.2. The predicted octanol–water partition coefficient (Wildman–Crippen LogP) is 1.69. The minimum atomic E-state index is -1.07. The quantitative estimate of drug-likeness (QED) is 0.852. The fourth-order valence-electron chi connectivity index (χ4n) is 2.11. The molecule has 98 valence electrons. The highest BCUT2D eigenvalue weighted by Gasteiger charge is 2.28. The van der Waals surface area contributed by atoms with Crippen molar-refractivity contribution < 1.29 is 24.5 Å². The van der Waals surface area contributed by atoms with E-state index in [0.29, 0.717) is 12.2 Å². The van der Waals surface area contributed by atoms with Crippen LogP contribution in [-0.2, 0) is 0 Å². The summed E-state index contributed by atoms with van der Waals surface area (Å²) in [6.45, 7) is 0. The van der Waals surface area contributed by atoms with Crippen molar-refractivity contribution in [3.63, 3.8) is 0 Å². The summed E-state index contributed by atoms with van der Waals surface area (Å²) in [6.07, 6.45) is 1.49. The van der Waals surface area contributed by atoms with Crippen LogP contribution in [0, 0.1) is 0 Å². The molecule has 0 aromatic heterocycles. The van der Waals surface area contributed by atoms with Gasteiger partial charge in [0.15, 0.2) is 0 Å². The smallest absolute Gasteiger partial charge is 0.339 e. The van der Waals surface area contributed by atoms with E-state index in [1.165, 1.54) is 13.2 Å². The molecule has 0 saturated heterocycles. The SMILES string of the molecule is COc1ccc(OC2CCCC2O)c(C(=O)O)c1.